The lowest BCUT2D eigenvalue weighted by atomic mass is 10.2. The van der Waals surface area contributed by atoms with Crippen molar-refractivity contribution in [3.8, 4) is 5.75 Å². The number of morpholine rings is 1. The molecule has 7 heteroatoms. The van der Waals surface area contributed by atoms with Crippen LogP contribution in [0.1, 0.15) is 39.7 Å². The van der Waals surface area contributed by atoms with Crippen molar-refractivity contribution in [2.24, 2.45) is 4.99 Å². The van der Waals surface area contributed by atoms with Crippen molar-refractivity contribution in [2.75, 3.05) is 59.6 Å². The number of nitrogens with one attached hydrogen (secondary N) is 2. The van der Waals surface area contributed by atoms with Gasteiger partial charge in [0.25, 0.3) is 0 Å². The molecule has 0 unspecified atom stereocenters. The lowest BCUT2D eigenvalue weighted by Gasteiger charge is -2.30. The molecule has 1 aliphatic heterocycles. The maximum atomic E-state index is 5.96. The van der Waals surface area contributed by atoms with Gasteiger partial charge in [0.15, 0.2) is 5.96 Å². The van der Waals surface area contributed by atoms with E-state index in [4.69, 9.17) is 9.47 Å². The van der Waals surface area contributed by atoms with Gasteiger partial charge in [0, 0.05) is 58.4 Å². The van der Waals surface area contributed by atoms with Gasteiger partial charge in [0.1, 0.15) is 12.4 Å². The summed E-state index contributed by atoms with van der Waals surface area (Å²) in [5.41, 5.74) is 1.18. The van der Waals surface area contributed by atoms with Crippen LogP contribution in [0, 0.1) is 0 Å². The molecule has 31 heavy (non-hydrogen) atoms. The van der Waals surface area contributed by atoms with Crippen LogP contribution in [0.2, 0.25) is 0 Å². The Labute approximate surface area is 189 Å². The average Bonchev–Trinajstić information content (AvgIpc) is 2.76. The molecule has 1 fully saturated rings. The van der Waals surface area contributed by atoms with Crippen molar-refractivity contribution >= 4 is 5.96 Å². The van der Waals surface area contributed by atoms with Crippen molar-refractivity contribution in [1.82, 2.24) is 20.4 Å². The van der Waals surface area contributed by atoms with Gasteiger partial charge >= 0.3 is 0 Å². The zero-order chi connectivity index (χ0) is 22.5. The third-order valence-electron chi connectivity index (χ3n) is 5.57. The van der Waals surface area contributed by atoms with E-state index in [1.165, 1.54) is 5.56 Å². The molecule has 176 valence electrons. The van der Waals surface area contributed by atoms with Gasteiger partial charge in [0.2, 0.25) is 0 Å². The summed E-state index contributed by atoms with van der Waals surface area (Å²) < 4.78 is 11.4. The highest BCUT2D eigenvalue weighted by Crippen LogP contribution is 2.13. The molecule has 0 saturated carbocycles. The van der Waals surface area contributed by atoms with Crippen LogP contribution < -0.4 is 15.4 Å². The van der Waals surface area contributed by atoms with Gasteiger partial charge in [-0.05, 0) is 51.8 Å². The summed E-state index contributed by atoms with van der Waals surface area (Å²) in [6.45, 7) is 17.0. The fourth-order valence-corrected chi connectivity index (χ4v) is 3.85. The molecule has 1 aliphatic rings. The molecular weight excluding hydrogens is 390 g/mol. The number of guanidine groups is 1. The van der Waals surface area contributed by atoms with Gasteiger partial charge in [-0.1, -0.05) is 12.1 Å². The minimum absolute atomic E-state index is 0.570. The van der Waals surface area contributed by atoms with Crippen LogP contribution in [0.5, 0.6) is 5.75 Å². The van der Waals surface area contributed by atoms with E-state index in [0.29, 0.717) is 25.2 Å². The zero-order valence-electron chi connectivity index (χ0n) is 20.2. The lowest BCUT2D eigenvalue weighted by molar-refractivity contribution is 0.0322. The van der Waals surface area contributed by atoms with E-state index in [0.717, 1.165) is 64.1 Å². The Morgan fingerprint density at radius 1 is 1.16 bits per heavy atom. The van der Waals surface area contributed by atoms with Crippen LogP contribution in [0.4, 0.5) is 0 Å². The molecule has 0 bridgehead atoms. The van der Waals surface area contributed by atoms with Gasteiger partial charge in [-0.2, -0.15) is 0 Å². The molecular formula is C24H43N5O2. The van der Waals surface area contributed by atoms with Crippen LogP contribution in [0.15, 0.2) is 29.3 Å². The van der Waals surface area contributed by atoms with E-state index in [2.05, 4.69) is 65.3 Å². The molecule has 1 aromatic rings. The summed E-state index contributed by atoms with van der Waals surface area (Å²) in [5, 5.41) is 6.83. The van der Waals surface area contributed by atoms with E-state index in [-0.39, 0.29) is 0 Å². The van der Waals surface area contributed by atoms with Crippen molar-refractivity contribution in [2.45, 2.75) is 52.7 Å². The maximum absolute atomic E-state index is 5.96. The monoisotopic (exact) mass is 433 g/mol. The van der Waals surface area contributed by atoms with Crippen LogP contribution in [-0.4, -0.2) is 87.4 Å². The highest BCUT2D eigenvalue weighted by atomic mass is 16.5. The van der Waals surface area contributed by atoms with Crippen molar-refractivity contribution in [3.05, 3.63) is 29.8 Å². The number of nitrogens with zero attached hydrogens (tertiary/aromatic N) is 3. The topological polar surface area (TPSA) is 61.4 Å². The first-order valence-corrected chi connectivity index (χ1v) is 11.7. The quantitative estimate of drug-likeness (QED) is 0.300. The fourth-order valence-electron chi connectivity index (χ4n) is 3.85. The fraction of sp³-hybridized carbons (Fsp3) is 0.708. The third-order valence-corrected chi connectivity index (χ3v) is 5.57. The van der Waals surface area contributed by atoms with E-state index in [1.54, 1.807) is 0 Å². The smallest absolute Gasteiger partial charge is 0.191 e. The van der Waals surface area contributed by atoms with Crippen LogP contribution in [0.25, 0.3) is 0 Å². The minimum Gasteiger partial charge on any atom is -0.492 e. The van der Waals surface area contributed by atoms with E-state index >= 15 is 0 Å². The molecule has 0 atom stereocenters. The first-order valence-electron chi connectivity index (χ1n) is 11.7. The third kappa shape index (κ3) is 9.89. The number of aliphatic imine (C=N–C) groups is 1. The largest absolute Gasteiger partial charge is 0.492 e. The van der Waals surface area contributed by atoms with E-state index in [9.17, 15) is 0 Å². The normalized spacial score (nSPS) is 15.7. The first kappa shape index (κ1) is 25.4. The van der Waals surface area contributed by atoms with E-state index in [1.807, 2.05) is 19.2 Å². The highest BCUT2D eigenvalue weighted by molar-refractivity contribution is 5.79. The van der Waals surface area contributed by atoms with Gasteiger partial charge in [-0.3, -0.25) is 14.8 Å². The van der Waals surface area contributed by atoms with Crippen molar-refractivity contribution in [1.29, 1.82) is 0 Å². The minimum atomic E-state index is 0.570. The molecule has 0 amide bonds. The number of hydrogen-bond acceptors (Lipinski definition) is 5. The van der Waals surface area contributed by atoms with Gasteiger partial charge in [-0.15, -0.1) is 0 Å². The molecule has 1 aromatic carbocycles. The molecule has 0 aliphatic carbocycles. The number of rotatable bonds is 12. The summed E-state index contributed by atoms with van der Waals surface area (Å²) in [5.74, 6) is 1.75. The highest BCUT2D eigenvalue weighted by Gasteiger charge is 2.12. The predicted molar refractivity (Wildman–Crippen MR) is 129 cm³/mol. The Kier molecular flexibility index (Phi) is 11.7. The van der Waals surface area contributed by atoms with Gasteiger partial charge in [-0.25, -0.2) is 0 Å². The predicted octanol–water partition coefficient (Wildman–Crippen LogP) is 2.57. The maximum Gasteiger partial charge on any atom is 0.191 e. The Bertz CT molecular complexity index is 637. The number of benzene rings is 1. The second-order valence-corrected chi connectivity index (χ2v) is 8.58. The van der Waals surface area contributed by atoms with Crippen LogP contribution >= 0.6 is 0 Å². The van der Waals surface area contributed by atoms with Crippen molar-refractivity contribution in [3.63, 3.8) is 0 Å². The summed E-state index contributed by atoms with van der Waals surface area (Å²) in [7, 11) is 1.81. The molecule has 7 nitrogen and oxygen atoms in total. The van der Waals surface area contributed by atoms with Crippen molar-refractivity contribution < 1.29 is 9.47 Å². The first-order chi connectivity index (χ1) is 15.0. The molecule has 1 saturated heterocycles. The number of hydrogen-bond donors (Lipinski definition) is 2. The molecule has 2 rings (SSSR count). The van der Waals surface area contributed by atoms with Gasteiger partial charge in [0.05, 0.1) is 13.2 Å². The summed E-state index contributed by atoms with van der Waals surface area (Å²) >= 11 is 0. The number of ether oxygens (including phenoxy) is 2. The molecule has 0 aromatic heterocycles. The Hall–Kier alpha value is -1.83. The molecule has 1 heterocycles. The molecule has 0 radical (unpaired) electrons. The second kappa shape index (κ2) is 14.3. The SMILES string of the molecule is CN=C(NCCCN(C(C)C)C(C)C)NCc1cccc(OCCN2CCOCC2)c1. The summed E-state index contributed by atoms with van der Waals surface area (Å²) in [4.78, 5) is 9.24. The van der Waals surface area contributed by atoms with E-state index < -0.39 is 0 Å². The Balaban J connectivity index is 1.68. The molecule has 2 N–H and O–H groups in total. The standard InChI is InChI=1S/C24H43N5O2/c1-20(2)29(21(3)4)11-7-10-26-24(25-5)27-19-22-8-6-9-23(18-22)31-17-14-28-12-15-30-16-13-28/h6,8-9,18,20-21H,7,10-17,19H2,1-5H3,(H2,25,26,27). The van der Waals surface area contributed by atoms with Crippen LogP contribution in [0.3, 0.4) is 0 Å². The summed E-state index contributed by atoms with van der Waals surface area (Å²) in [6.07, 6.45) is 1.09. The Morgan fingerprint density at radius 3 is 2.58 bits per heavy atom. The molecule has 0 spiro atoms. The Morgan fingerprint density at radius 2 is 1.90 bits per heavy atom. The average molecular weight is 434 g/mol. The second-order valence-electron chi connectivity index (χ2n) is 8.58. The van der Waals surface area contributed by atoms with Crippen LogP contribution in [-0.2, 0) is 11.3 Å². The van der Waals surface area contributed by atoms with Gasteiger partial charge < -0.3 is 20.1 Å². The lowest BCUT2D eigenvalue weighted by Crippen LogP contribution is -2.41. The zero-order valence-corrected chi connectivity index (χ0v) is 20.2. The summed E-state index contributed by atoms with van der Waals surface area (Å²) in [6, 6.07) is 9.41.